The van der Waals surface area contributed by atoms with Gasteiger partial charge in [0.25, 0.3) is 0 Å². The minimum atomic E-state index is -2.10. The molecule has 4 nitrogen and oxygen atoms in total. The fourth-order valence-electron chi connectivity index (χ4n) is 4.58. The van der Waals surface area contributed by atoms with Gasteiger partial charge in [0.15, 0.2) is 22.9 Å². The van der Waals surface area contributed by atoms with E-state index in [1.165, 1.54) is 57.8 Å². The van der Waals surface area contributed by atoms with Crippen molar-refractivity contribution in [1.29, 1.82) is 0 Å². The highest BCUT2D eigenvalue weighted by molar-refractivity contribution is 6.74. The average molecular weight is 633 g/mol. The highest BCUT2D eigenvalue weighted by atomic mass is 28.4. The summed E-state index contributed by atoms with van der Waals surface area (Å²) < 4.78 is 19.7. The van der Waals surface area contributed by atoms with Gasteiger partial charge in [0.2, 0.25) is 0 Å². The first kappa shape index (κ1) is 40.0. The third-order valence-corrected chi connectivity index (χ3v) is 18.6. The van der Waals surface area contributed by atoms with E-state index < -0.39 is 22.7 Å². The largest absolute Gasteiger partial charge is 0.414 e. The SMILES string of the molecule is CCCCCC[C@H](CCCCCC/C=C/[C@H](O[Si](C)(C)C(C)(C)C)[C@H](C=O)OCc1ccccc1)O[Si](C)(C)C(C)(C)C. The van der Waals surface area contributed by atoms with Crippen LogP contribution >= 0.6 is 0 Å². The molecule has 0 N–H and O–H groups in total. The lowest BCUT2D eigenvalue weighted by molar-refractivity contribution is -0.123. The fraction of sp³-hybridized carbons (Fsp3) is 0.757. The van der Waals surface area contributed by atoms with Crippen molar-refractivity contribution in [3.8, 4) is 0 Å². The second kappa shape index (κ2) is 19.5. The van der Waals surface area contributed by atoms with E-state index >= 15 is 0 Å². The summed E-state index contributed by atoms with van der Waals surface area (Å²) in [6, 6.07) is 10.0. The van der Waals surface area contributed by atoms with E-state index in [9.17, 15) is 4.79 Å². The highest BCUT2D eigenvalue weighted by Gasteiger charge is 2.41. The first-order chi connectivity index (χ1) is 20.0. The Hall–Kier alpha value is -1.06. The maximum Gasteiger partial charge on any atom is 0.193 e. The smallest absolute Gasteiger partial charge is 0.193 e. The van der Waals surface area contributed by atoms with Gasteiger partial charge in [-0.3, -0.25) is 0 Å². The summed E-state index contributed by atoms with van der Waals surface area (Å²) in [6.07, 6.45) is 18.0. The van der Waals surface area contributed by atoms with Crippen molar-refractivity contribution in [2.24, 2.45) is 0 Å². The predicted octanol–water partition coefficient (Wildman–Crippen LogP) is 11.4. The van der Waals surface area contributed by atoms with Gasteiger partial charge in [0.05, 0.1) is 12.7 Å². The third-order valence-electron chi connectivity index (χ3n) is 9.60. The molecular formula is C37H68O4Si2. The first-order valence-electron chi connectivity index (χ1n) is 17.2. The molecule has 1 rings (SSSR count). The van der Waals surface area contributed by atoms with Crippen LogP contribution in [0.5, 0.6) is 0 Å². The van der Waals surface area contributed by atoms with E-state index in [1.54, 1.807) is 0 Å². The zero-order valence-corrected chi connectivity index (χ0v) is 32.0. The molecule has 0 radical (unpaired) electrons. The first-order valence-corrected chi connectivity index (χ1v) is 23.0. The molecule has 6 heteroatoms. The Morgan fingerprint density at radius 2 is 1.26 bits per heavy atom. The van der Waals surface area contributed by atoms with Crippen LogP contribution in [0.25, 0.3) is 0 Å². The highest BCUT2D eigenvalue weighted by Crippen LogP contribution is 2.39. The minimum Gasteiger partial charge on any atom is -0.414 e. The van der Waals surface area contributed by atoms with E-state index in [0.717, 1.165) is 24.7 Å². The van der Waals surface area contributed by atoms with Crippen LogP contribution in [0.4, 0.5) is 0 Å². The summed E-state index contributed by atoms with van der Waals surface area (Å²) in [5.74, 6) is 0. The summed E-state index contributed by atoms with van der Waals surface area (Å²) in [4.78, 5) is 12.2. The Morgan fingerprint density at radius 3 is 1.79 bits per heavy atom. The van der Waals surface area contributed by atoms with Gasteiger partial charge < -0.3 is 18.4 Å². The Morgan fingerprint density at radius 1 is 0.721 bits per heavy atom. The fourth-order valence-corrected chi connectivity index (χ4v) is 7.25. The van der Waals surface area contributed by atoms with Crippen molar-refractivity contribution >= 4 is 22.9 Å². The molecule has 0 saturated carbocycles. The molecule has 0 spiro atoms. The number of allylic oxidation sites excluding steroid dienone is 1. The van der Waals surface area contributed by atoms with Crippen molar-refractivity contribution in [1.82, 2.24) is 0 Å². The van der Waals surface area contributed by atoms with Crippen molar-refractivity contribution in [2.45, 2.75) is 180 Å². The maximum absolute atomic E-state index is 12.2. The zero-order chi connectivity index (χ0) is 32.6. The molecule has 0 saturated heterocycles. The summed E-state index contributed by atoms with van der Waals surface area (Å²) in [6.45, 7) is 25.6. The number of benzene rings is 1. The number of hydrogen-bond donors (Lipinski definition) is 0. The van der Waals surface area contributed by atoms with Crippen LogP contribution in [0.2, 0.25) is 36.3 Å². The van der Waals surface area contributed by atoms with Gasteiger partial charge >= 0.3 is 0 Å². The van der Waals surface area contributed by atoms with Crippen molar-refractivity contribution in [3.05, 3.63) is 48.0 Å². The molecule has 0 unspecified atom stereocenters. The van der Waals surface area contributed by atoms with E-state index in [0.29, 0.717) is 12.7 Å². The molecule has 0 aliphatic rings. The number of ether oxygens (including phenoxy) is 1. The van der Waals surface area contributed by atoms with Gasteiger partial charge in [-0.25, -0.2) is 0 Å². The molecule has 0 aliphatic heterocycles. The molecule has 1 aromatic carbocycles. The average Bonchev–Trinajstić information content (AvgIpc) is 2.91. The van der Waals surface area contributed by atoms with E-state index in [-0.39, 0.29) is 16.2 Å². The molecule has 0 amide bonds. The number of aldehydes is 1. The molecule has 248 valence electrons. The van der Waals surface area contributed by atoms with Crippen molar-refractivity contribution in [2.75, 3.05) is 0 Å². The van der Waals surface area contributed by atoms with Gasteiger partial charge in [-0.2, -0.15) is 0 Å². The Balaban J connectivity index is 2.67. The van der Waals surface area contributed by atoms with Crippen LogP contribution in [0, 0.1) is 0 Å². The number of rotatable bonds is 22. The Labute approximate surface area is 269 Å². The van der Waals surface area contributed by atoms with Crippen LogP contribution in [-0.4, -0.2) is 41.2 Å². The summed E-state index contributed by atoms with van der Waals surface area (Å²) in [7, 11) is -3.85. The second-order valence-corrected chi connectivity index (χ2v) is 25.0. The van der Waals surface area contributed by atoms with Gasteiger partial charge in [-0.15, -0.1) is 0 Å². The second-order valence-electron chi connectivity index (χ2n) is 15.5. The summed E-state index contributed by atoms with van der Waals surface area (Å²) >= 11 is 0. The van der Waals surface area contributed by atoms with Crippen LogP contribution in [-0.2, 0) is 25.0 Å². The lowest BCUT2D eigenvalue weighted by atomic mass is 10.0. The number of hydrogen-bond acceptors (Lipinski definition) is 4. The van der Waals surface area contributed by atoms with Crippen molar-refractivity contribution in [3.63, 3.8) is 0 Å². The summed E-state index contributed by atoms with van der Waals surface area (Å²) in [5, 5.41) is 0.302. The van der Waals surface area contributed by atoms with Crippen LogP contribution in [0.15, 0.2) is 42.5 Å². The van der Waals surface area contributed by atoms with Crippen LogP contribution in [0.3, 0.4) is 0 Å². The minimum absolute atomic E-state index is 0.0497. The standard InChI is InChI=1S/C37H68O4Si2/c1-12-13-14-22-27-33(40-42(8,9)36(2,3)4)28-23-17-15-16-18-24-29-34(41-43(10,11)37(5,6)7)35(30-38)39-31-32-25-20-19-21-26-32/h19-21,24-26,29-30,33-35H,12-18,22-23,27-28,31H2,1-11H3/b29-24+/t33-,34+,35+/m1/s1. The third kappa shape index (κ3) is 15.7. The van der Waals surface area contributed by atoms with Crippen LogP contribution < -0.4 is 0 Å². The molecule has 1 aromatic rings. The van der Waals surface area contributed by atoms with Gasteiger partial charge in [0, 0.05) is 6.10 Å². The van der Waals surface area contributed by atoms with E-state index in [4.69, 9.17) is 13.6 Å². The lowest BCUT2D eigenvalue weighted by Gasteiger charge is -2.39. The molecule has 0 aromatic heterocycles. The Kier molecular flexibility index (Phi) is 18.1. The number of carbonyl (C=O) groups is 1. The maximum atomic E-state index is 12.2. The number of unbranched alkanes of at least 4 members (excludes halogenated alkanes) is 7. The van der Waals surface area contributed by atoms with E-state index in [1.807, 2.05) is 30.3 Å². The van der Waals surface area contributed by atoms with Gasteiger partial charge in [-0.05, 0) is 67.5 Å². The molecular weight excluding hydrogens is 565 g/mol. The lowest BCUT2D eigenvalue weighted by Crippen LogP contribution is -2.47. The monoisotopic (exact) mass is 632 g/mol. The normalized spacial score (nSPS) is 15.5. The quantitative estimate of drug-likeness (QED) is 0.0552. The molecule has 0 aliphatic carbocycles. The van der Waals surface area contributed by atoms with Gasteiger partial charge in [-0.1, -0.05) is 136 Å². The topological polar surface area (TPSA) is 44.8 Å². The molecule has 0 heterocycles. The zero-order valence-electron chi connectivity index (χ0n) is 30.0. The molecule has 0 bridgehead atoms. The van der Waals surface area contributed by atoms with Gasteiger partial charge in [0.1, 0.15) is 6.10 Å². The predicted molar refractivity (Wildman–Crippen MR) is 191 cm³/mol. The molecule has 43 heavy (non-hydrogen) atoms. The number of carbonyl (C=O) groups excluding carboxylic acids is 1. The summed E-state index contributed by atoms with van der Waals surface area (Å²) in [5.41, 5.74) is 1.06. The molecule has 3 atom stereocenters. The molecule has 0 fully saturated rings. The Bertz CT molecular complexity index is 899. The van der Waals surface area contributed by atoms with Crippen LogP contribution in [0.1, 0.15) is 125 Å². The van der Waals surface area contributed by atoms with E-state index in [2.05, 4.69) is 86.8 Å². The van der Waals surface area contributed by atoms with Crippen molar-refractivity contribution < 1.29 is 18.4 Å².